The van der Waals surface area contributed by atoms with Crippen LogP contribution in [-0.4, -0.2) is 24.1 Å². The lowest BCUT2D eigenvalue weighted by molar-refractivity contribution is -0.165. The number of hydrogen-bond donors (Lipinski definition) is 0. The first-order chi connectivity index (χ1) is 11.9. The van der Waals surface area contributed by atoms with Gasteiger partial charge in [0.25, 0.3) is 0 Å². The van der Waals surface area contributed by atoms with Crippen molar-refractivity contribution in [1.29, 1.82) is 0 Å². The molecule has 0 aromatic rings. The Hall–Kier alpha value is -1.58. The van der Waals surface area contributed by atoms with Gasteiger partial charge in [-0.2, -0.15) is 0 Å². The van der Waals surface area contributed by atoms with Crippen LogP contribution in [0.5, 0.6) is 0 Å². The first-order valence-electron chi connectivity index (χ1n) is 9.67. The summed E-state index contributed by atoms with van der Waals surface area (Å²) in [6, 6.07) is 0. The quantitative estimate of drug-likeness (QED) is 0.545. The molecule has 4 nitrogen and oxygen atoms in total. The molecule has 0 radical (unpaired) electrons. The number of carbonyl (C=O) groups excluding carboxylic acids is 2. The molecule has 0 spiro atoms. The fourth-order valence-electron chi connectivity index (χ4n) is 5.01. The molecule has 2 fully saturated rings. The van der Waals surface area contributed by atoms with E-state index in [0.717, 1.165) is 25.7 Å². The summed E-state index contributed by atoms with van der Waals surface area (Å²) in [5.41, 5.74) is -0.600. The average Bonchev–Trinajstić information content (AvgIpc) is 3.33. The van der Waals surface area contributed by atoms with Gasteiger partial charge in [-0.15, -0.1) is 0 Å². The summed E-state index contributed by atoms with van der Waals surface area (Å²) in [4.78, 5) is 24.7. The number of carbonyl (C=O) groups is 2. The highest BCUT2D eigenvalue weighted by molar-refractivity contribution is 5.75. The van der Waals surface area contributed by atoms with Crippen LogP contribution in [0, 0.1) is 35.5 Å². The molecule has 0 saturated heterocycles. The smallest absolute Gasteiger partial charge is 0.310 e. The van der Waals surface area contributed by atoms with Crippen LogP contribution in [0.15, 0.2) is 24.3 Å². The highest BCUT2D eigenvalue weighted by Crippen LogP contribution is 2.45. The van der Waals surface area contributed by atoms with Crippen molar-refractivity contribution in [3.8, 4) is 0 Å². The summed E-state index contributed by atoms with van der Waals surface area (Å²) < 4.78 is 11.3. The lowest BCUT2D eigenvalue weighted by Gasteiger charge is -2.28. The first kappa shape index (κ1) is 16.9. The van der Waals surface area contributed by atoms with Gasteiger partial charge in [0.2, 0.25) is 0 Å². The van der Waals surface area contributed by atoms with E-state index < -0.39 is 5.60 Å². The molecule has 4 aliphatic rings. The summed E-state index contributed by atoms with van der Waals surface area (Å²) >= 11 is 0. The van der Waals surface area contributed by atoms with E-state index >= 15 is 0 Å². The van der Waals surface area contributed by atoms with Crippen LogP contribution in [-0.2, 0) is 19.1 Å². The summed E-state index contributed by atoms with van der Waals surface area (Å²) in [5.74, 6) is 1.71. The molecule has 136 valence electrons. The van der Waals surface area contributed by atoms with Gasteiger partial charge in [-0.25, -0.2) is 0 Å². The second-order valence-electron chi connectivity index (χ2n) is 8.87. The predicted molar refractivity (Wildman–Crippen MR) is 93.4 cm³/mol. The Morgan fingerprint density at radius 3 is 1.92 bits per heavy atom. The number of esters is 2. The zero-order chi connectivity index (χ0) is 17.6. The summed E-state index contributed by atoms with van der Waals surface area (Å²) in [7, 11) is 0. The van der Waals surface area contributed by atoms with Gasteiger partial charge in [-0.05, 0) is 63.2 Å². The highest BCUT2D eigenvalue weighted by atomic mass is 16.6. The third kappa shape index (κ3) is 3.40. The molecule has 25 heavy (non-hydrogen) atoms. The van der Waals surface area contributed by atoms with Crippen molar-refractivity contribution in [3.63, 3.8) is 0 Å². The largest absolute Gasteiger partial charge is 0.465 e. The van der Waals surface area contributed by atoms with Crippen LogP contribution in [0.1, 0.15) is 46.0 Å². The van der Waals surface area contributed by atoms with Gasteiger partial charge in [-0.1, -0.05) is 24.3 Å². The second-order valence-corrected chi connectivity index (χ2v) is 8.87. The van der Waals surface area contributed by atoms with Crippen molar-refractivity contribution >= 4 is 11.9 Å². The lowest BCUT2D eigenvalue weighted by atomic mass is 9.93. The van der Waals surface area contributed by atoms with E-state index in [0.29, 0.717) is 36.7 Å². The van der Waals surface area contributed by atoms with Crippen molar-refractivity contribution in [3.05, 3.63) is 24.3 Å². The molecule has 4 bridgehead atoms. The topological polar surface area (TPSA) is 52.6 Å². The van der Waals surface area contributed by atoms with Crippen LogP contribution in [0.25, 0.3) is 0 Å². The zero-order valence-corrected chi connectivity index (χ0v) is 15.1. The van der Waals surface area contributed by atoms with Crippen molar-refractivity contribution < 1.29 is 19.1 Å². The molecule has 0 N–H and O–H groups in total. The molecule has 2 saturated carbocycles. The third-order valence-corrected chi connectivity index (χ3v) is 6.49. The molecule has 4 rings (SSSR count). The van der Waals surface area contributed by atoms with Crippen LogP contribution < -0.4 is 0 Å². The van der Waals surface area contributed by atoms with Crippen molar-refractivity contribution in [2.75, 3.05) is 6.61 Å². The van der Waals surface area contributed by atoms with Gasteiger partial charge >= 0.3 is 11.9 Å². The molecule has 0 aromatic carbocycles. The maximum Gasteiger partial charge on any atom is 0.310 e. The molecule has 0 heterocycles. The number of fused-ring (bicyclic) bond motifs is 4. The van der Waals surface area contributed by atoms with Crippen molar-refractivity contribution in [2.45, 2.75) is 51.6 Å². The Bertz CT molecular complexity index is 617. The molecular weight excluding hydrogens is 316 g/mol. The standard InChI is InChI=1S/C21H28O4/c1-21(2,25-20(23)18-12-14-4-6-16(18)10-14)7-8-24-19(22)17-11-13-3-5-15(17)9-13/h3-6,13-18H,7-12H2,1-2H3. The van der Waals surface area contributed by atoms with Crippen LogP contribution in [0.2, 0.25) is 0 Å². The fraction of sp³-hybridized carbons (Fsp3) is 0.714. The zero-order valence-electron chi connectivity index (χ0n) is 15.1. The van der Waals surface area contributed by atoms with E-state index in [1.165, 1.54) is 0 Å². The SMILES string of the molecule is CC(C)(CCOC(=O)C1CC2C=CC1C2)OC(=O)C1CC2C=CC1C2. The van der Waals surface area contributed by atoms with Gasteiger partial charge in [0, 0.05) is 6.42 Å². The highest BCUT2D eigenvalue weighted by Gasteiger charge is 2.43. The normalized spacial score (nSPS) is 37.7. The maximum atomic E-state index is 12.5. The summed E-state index contributed by atoms with van der Waals surface area (Å²) in [6.07, 6.45) is 13.4. The lowest BCUT2D eigenvalue weighted by Crippen LogP contribution is -2.34. The second kappa shape index (κ2) is 6.30. The van der Waals surface area contributed by atoms with Crippen LogP contribution >= 0.6 is 0 Å². The Labute approximate surface area is 149 Å². The number of hydrogen-bond acceptors (Lipinski definition) is 4. The Morgan fingerprint density at radius 2 is 1.44 bits per heavy atom. The van der Waals surface area contributed by atoms with Gasteiger partial charge in [0.05, 0.1) is 18.4 Å². The van der Waals surface area contributed by atoms with E-state index in [2.05, 4.69) is 24.3 Å². The molecule has 6 atom stereocenters. The monoisotopic (exact) mass is 344 g/mol. The van der Waals surface area contributed by atoms with Gasteiger partial charge in [0.15, 0.2) is 0 Å². The minimum atomic E-state index is -0.600. The van der Waals surface area contributed by atoms with E-state index in [4.69, 9.17) is 9.47 Å². The Balaban J connectivity index is 1.22. The molecule has 0 aromatic heterocycles. The maximum absolute atomic E-state index is 12.5. The Kier molecular flexibility index (Phi) is 4.25. The third-order valence-electron chi connectivity index (χ3n) is 6.49. The van der Waals surface area contributed by atoms with Gasteiger partial charge in [-0.3, -0.25) is 9.59 Å². The molecule has 6 unspecified atom stereocenters. The molecule has 0 aliphatic heterocycles. The summed E-state index contributed by atoms with van der Waals surface area (Å²) in [5, 5.41) is 0. The number of ether oxygens (including phenoxy) is 2. The van der Waals surface area contributed by atoms with E-state index in [9.17, 15) is 9.59 Å². The van der Waals surface area contributed by atoms with Crippen LogP contribution in [0.4, 0.5) is 0 Å². The Morgan fingerprint density at radius 1 is 0.880 bits per heavy atom. The number of rotatable bonds is 6. The van der Waals surface area contributed by atoms with E-state index in [-0.39, 0.29) is 23.8 Å². The first-order valence-corrected chi connectivity index (χ1v) is 9.67. The average molecular weight is 344 g/mol. The predicted octanol–water partition coefficient (Wildman–Crippen LogP) is 3.67. The molecule has 4 aliphatic carbocycles. The van der Waals surface area contributed by atoms with E-state index in [1.807, 2.05) is 13.8 Å². The molecule has 0 amide bonds. The minimum Gasteiger partial charge on any atom is -0.465 e. The van der Waals surface area contributed by atoms with Crippen molar-refractivity contribution in [1.82, 2.24) is 0 Å². The van der Waals surface area contributed by atoms with Gasteiger partial charge < -0.3 is 9.47 Å². The molecular formula is C21H28O4. The minimum absolute atomic E-state index is 0.0117. The van der Waals surface area contributed by atoms with Crippen LogP contribution in [0.3, 0.4) is 0 Å². The number of allylic oxidation sites excluding steroid dienone is 4. The summed E-state index contributed by atoms with van der Waals surface area (Å²) in [6.45, 7) is 4.12. The molecule has 4 heteroatoms. The van der Waals surface area contributed by atoms with Gasteiger partial charge in [0.1, 0.15) is 5.60 Å². The van der Waals surface area contributed by atoms with E-state index in [1.54, 1.807) is 0 Å². The fourth-order valence-corrected chi connectivity index (χ4v) is 5.01. The van der Waals surface area contributed by atoms with Crippen molar-refractivity contribution in [2.24, 2.45) is 35.5 Å².